The summed E-state index contributed by atoms with van der Waals surface area (Å²) in [5.74, 6) is 0.953. The Kier molecular flexibility index (Phi) is 7.49. The van der Waals surface area contributed by atoms with E-state index in [0.717, 1.165) is 23.6 Å². The lowest BCUT2D eigenvalue weighted by Gasteiger charge is -2.16. The molecule has 3 rings (SSSR count). The van der Waals surface area contributed by atoms with Crippen molar-refractivity contribution in [3.63, 3.8) is 0 Å². The van der Waals surface area contributed by atoms with Crippen LogP contribution in [0.3, 0.4) is 0 Å². The van der Waals surface area contributed by atoms with Gasteiger partial charge in [0.05, 0.1) is 13.7 Å². The SMILES string of the molecule is COc1cc(CNCCc2ccc(Cl)cc2)ccc1OCCN1C(=O)CCC1=O. The van der Waals surface area contributed by atoms with E-state index < -0.39 is 0 Å². The molecule has 1 saturated heterocycles. The Hall–Kier alpha value is -2.57. The molecule has 0 bridgehead atoms. The van der Waals surface area contributed by atoms with Crippen molar-refractivity contribution in [1.29, 1.82) is 0 Å². The van der Waals surface area contributed by atoms with Gasteiger partial charge in [0.2, 0.25) is 11.8 Å². The molecule has 2 aromatic carbocycles. The molecule has 0 atom stereocenters. The number of carbonyl (C=O) groups excluding carboxylic acids is 2. The number of methoxy groups -OCH3 is 1. The molecule has 0 aromatic heterocycles. The number of ether oxygens (including phenoxy) is 2. The van der Waals surface area contributed by atoms with Crippen LogP contribution < -0.4 is 14.8 Å². The van der Waals surface area contributed by atoms with E-state index in [4.69, 9.17) is 21.1 Å². The number of carbonyl (C=O) groups is 2. The fourth-order valence-electron chi connectivity index (χ4n) is 3.18. The molecule has 0 radical (unpaired) electrons. The molecule has 6 nitrogen and oxygen atoms in total. The van der Waals surface area contributed by atoms with E-state index in [-0.39, 0.29) is 25.0 Å². The number of likely N-dealkylation sites (tertiary alicyclic amines) is 1. The summed E-state index contributed by atoms with van der Waals surface area (Å²) < 4.78 is 11.2. The highest BCUT2D eigenvalue weighted by Gasteiger charge is 2.28. The van der Waals surface area contributed by atoms with Gasteiger partial charge in [-0.05, 0) is 48.4 Å². The zero-order chi connectivity index (χ0) is 20.6. The van der Waals surface area contributed by atoms with Gasteiger partial charge in [0.1, 0.15) is 6.61 Å². The molecule has 0 spiro atoms. The van der Waals surface area contributed by atoms with Gasteiger partial charge in [-0.25, -0.2) is 0 Å². The molecular formula is C22H25ClN2O4. The lowest BCUT2D eigenvalue weighted by Crippen LogP contribution is -2.33. The third kappa shape index (κ3) is 5.95. The van der Waals surface area contributed by atoms with Crippen LogP contribution in [0.5, 0.6) is 11.5 Å². The molecular weight excluding hydrogens is 392 g/mol. The van der Waals surface area contributed by atoms with E-state index in [2.05, 4.69) is 5.32 Å². The molecule has 2 amide bonds. The average molecular weight is 417 g/mol. The van der Waals surface area contributed by atoms with Crippen LogP contribution >= 0.6 is 11.6 Å². The molecule has 1 fully saturated rings. The molecule has 7 heteroatoms. The second-order valence-corrected chi connectivity index (χ2v) is 7.26. The van der Waals surface area contributed by atoms with Crippen LogP contribution in [-0.2, 0) is 22.6 Å². The van der Waals surface area contributed by atoms with Crippen LogP contribution in [0.15, 0.2) is 42.5 Å². The number of benzene rings is 2. The summed E-state index contributed by atoms with van der Waals surface area (Å²) in [4.78, 5) is 24.5. The van der Waals surface area contributed by atoms with Crippen molar-refractivity contribution >= 4 is 23.4 Å². The maximum Gasteiger partial charge on any atom is 0.229 e. The van der Waals surface area contributed by atoms with Crippen molar-refractivity contribution in [3.8, 4) is 11.5 Å². The van der Waals surface area contributed by atoms with Gasteiger partial charge in [-0.2, -0.15) is 0 Å². The first-order valence-electron chi connectivity index (χ1n) is 9.65. The molecule has 1 heterocycles. The number of imide groups is 1. The van der Waals surface area contributed by atoms with Crippen molar-refractivity contribution in [3.05, 3.63) is 58.6 Å². The van der Waals surface area contributed by atoms with E-state index in [1.54, 1.807) is 7.11 Å². The van der Waals surface area contributed by atoms with E-state index in [1.165, 1.54) is 10.5 Å². The summed E-state index contributed by atoms with van der Waals surface area (Å²) in [7, 11) is 1.59. The number of nitrogens with one attached hydrogen (secondary N) is 1. The fraction of sp³-hybridized carbons (Fsp3) is 0.364. The molecule has 0 aliphatic carbocycles. The molecule has 0 unspecified atom stereocenters. The molecule has 154 valence electrons. The first-order chi connectivity index (χ1) is 14.1. The topological polar surface area (TPSA) is 67.9 Å². The highest BCUT2D eigenvalue weighted by Crippen LogP contribution is 2.28. The Morgan fingerprint density at radius 1 is 1.00 bits per heavy atom. The summed E-state index contributed by atoms with van der Waals surface area (Å²) in [5, 5.41) is 4.16. The first-order valence-corrected chi connectivity index (χ1v) is 10.0. The quantitative estimate of drug-likeness (QED) is 0.476. The van der Waals surface area contributed by atoms with Crippen molar-refractivity contribution in [1.82, 2.24) is 10.2 Å². The van der Waals surface area contributed by atoms with Gasteiger partial charge in [-0.15, -0.1) is 0 Å². The maximum atomic E-state index is 11.6. The van der Waals surface area contributed by atoms with E-state index in [9.17, 15) is 9.59 Å². The van der Waals surface area contributed by atoms with Crippen molar-refractivity contribution < 1.29 is 19.1 Å². The number of nitrogens with zero attached hydrogens (tertiary/aromatic N) is 1. The Balaban J connectivity index is 1.45. The maximum absolute atomic E-state index is 11.6. The smallest absolute Gasteiger partial charge is 0.229 e. The summed E-state index contributed by atoms with van der Waals surface area (Å²) in [6.07, 6.45) is 1.51. The van der Waals surface area contributed by atoms with Gasteiger partial charge >= 0.3 is 0 Å². The second-order valence-electron chi connectivity index (χ2n) is 6.83. The van der Waals surface area contributed by atoms with Gasteiger partial charge in [-0.3, -0.25) is 14.5 Å². The highest BCUT2D eigenvalue weighted by molar-refractivity contribution is 6.30. The number of rotatable bonds is 10. The van der Waals surface area contributed by atoms with Gasteiger partial charge in [0.15, 0.2) is 11.5 Å². The minimum atomic E-state index is -0.134. The standard InChI is InChI=1S/C22H25ClN2O4/c1-28-20-14-17(15-24-11-10-16-2-5-18(23)6-3-16)4-7-19(20)29-13-12-25-21(26)8-9-22(25)27/h2-7,14,24H,8-13,15H2,1H3. The van der Waals surface area contributed by atoms with E-state index >= 15 is 0 Å². The summed E-state index contributed by atoms with van der Waals surface area (Å²) in [6.45, 7) is 2.06. The molecule has 0 saturated carbocycles. The fourth-order valence-corrected chi connectivity index (χ4v) is 3.30. The normalized spacial score (nSPS) is 13.8. The summed E-state index contributed by atoms with van der Waals surface area (Å²) >= 11 is 5.90. The predicted molar refractivity (Wildman–Crippen MR) is 111 cm³/mol. The third-order valence-electron chi connectivity index (χ3n) is 4.79. The number of halogens is 1. The minimum absolute atomic E-state index is 0.134. The highest BCUT2D eigenvalue weighted by atomic mass is 35.5. The first kappa shape index (κ1) is 21.1. The molecule has 1 N–H and O–H groups in total. The summed E-state index contributed by atoms with van der Waals surface area (Å²) in [6, 6.07) is 13.6. The van der Waals surface area contributed by atoms with Gasteiger partial charge in [0.25, 0.3) is 0 Å². The Bertz CT molecular complexity index is 838. The predicted octanol–water partition coefficient (Wildman–Crippen LogP) is 3.21. The molecule has 1 aliphatic rings. The van der Waals surface area contributed by atoms with Crippen molar-refractivity contribution in [2.75, 3.05) is 26.8 Å². The Labute approximate surface area is 175 Å². The van der Waals surface area contributed by atoms with Crippen LogP contribution in [-0.4, -0.2) is 43.5 Å². The third-order valence-corrected chi connectivity index (χ3v) is 5.04. The van der Waals surface area contributed by atoms with Gasteiger partial charge < -0.3 is 14.8 Å². The zero-order valence-corrected chi connectivity index (χ0v) is 17.2. The monoisotopic (exact) mass is 416 g/mol. The Morgan fingerprint density at radius 2 is 1.69 bits per heavy atom. The zero-order valence-electron chi connectivity index (χ0n) is 16.4. The number of amides is 2. The second kappa shape index (κ2) is 10.3. The lowest BCUT2D eigenvalue weighted by molar-refractivity contribution is -0.138. The van der Waals surface area contributed by atoms with E-state index in [1.807, 2.05) is 42.5 Å². The number of hydrogen-bond donors (Lipinski definition) is 1. The average Bonchev–Trinajstić information content (AvgIpc) is 3.05. The lowest BCUT2D eigenvalue weighted by atomic mass is 10.1. The van der Waals surface area contributed by atoms with Crippen LogP contribution in [0.4, 0.5) is 0 Å². The number of hydrogen-bond acceptors (Lipinski definition) is 5. The molecule has 2 aromatic rings. The van der Waals surface area contributed by atoms with Crippen LogP contribution in [0.25, 0.3) is 0 Å². The minimum Gasteiger partial charge on any atom is -0.493 e. The van der Waals surface area contributed by atoms with Crippen molar-refractivity contribution in [2.24, 2.45) is 0 Å². The Morgan fingerprint density at radius 3 is 2.38 bits per heavy atom. The van der Waals surface area contributed by atoms with Crippen LogP contribution in [0, 0.1) is 0 Å². The molecule has 29 heavy (non-hydrogen) atoms. The molecule has 1 aliphatic heterocycles. The van der Waals surface area contributed by atoms with Gasteiger partial charge in [-0.1, -0.05) is 29.8 Å². The van der Waals surface area contributed by atoms with Crippen molar-refractivity contribution in [2.45, 2.75) is 25.8 Å². The summed E-state index contributed by atoms with van der Waals surface area (Å²) in [5.41, 5.74) is 2.31. The van der Waals surface area contributed by atoms with Crippen LogP contribution in [0.1, 0.15) is 24.0 Å². The van der Waals surface area contributed by atoms with Crippen LogP contribution in [0.2, 0.25) is 5.02 Å². The largest absolute Gasteiger partial charge is 0.493 e. The van der Waals surface area contributed by atoms with E-state index in [0.29, 0.717) is 30.9 Å². The van der Waals surface area contributed by atoms with Gasteiger partial charge in [0, 0.05) is 24.4 Å².